The maximum atomic E-state index is 11.6. The zero-order valence-electron chi connectivity index (χ0n) is 7.86. The molecule has 5 heteroatoms. The molecule has 1 atom stereocenters. The molecule has 0 aromatic rings. The van der Waals surface area contributed by atoms with Gasteiger partial charge in [0.15, 0.2) is 0 Å². The normalized spacial score (nSPS) is 25.8. The van der Waals surface area contributed by atoms with Crippen molar-refractivity contribution in [3.63, 3.8) is 0 Å². The Bertz CT molecular complexity index is 274. The second-order valence-corrected chi connectivity index (χ2v) is 5.29. The van der Waals surface area contributed by atoms with Crippen LogP contribution in [0.3, 0.4) is 0 Å². The molecule has 1 saturated heterocycles. The van der Waals surface area contributed by atoms with Gasteiger partial charge in [-0.2, -0.15) is 4.31 Å². The first-order valence-electron chi connectivity index (χ1n) is 4.38. The first kappa shape index (κ1) is 10.7. The maximum absolute atomic E-state index is 11.6. The predicted molar refractivity (Wildman–Crippen MR) is 53.0 cm³/mol. The van der Waals surface area contributed by atoms with Crippen molar-refractivity contribution in [1.29, 1.82) is 0 Å². The van der Waals surface area contributed by atoms with Gasteiger partial charge in [0.1, 0.15) is 0 Å². The van der Waals surface area contributed by atoms with Crippen molar-refractivity contribution in [2.75, 3.05) is 25.4 Å². The van der Waals surface area contributed by atoms with Gasteiger partial charge in [0.25, 0.3) is 0 Å². The van der Waals surface area contributed by atoms with Gasteiger partial charge in [0.05, 0.1) is 5.75 Å². The number of nitrogens with one attached hydrogen (secondary N) is 1. The molecule has 1 aliphatic heterocycles. The van der Waals surface area contributed by atoms with Crippen molar-refractivity contribution in [3.8, 4) is 0 Å². The summed E-state index contributed by atoms with van der Waals surface area (Å²) in [6.45, 7) is 7.29. The molecule has 0 aliphatic carbocycles. The minimum atomic E-state index is -3.09. The lowest BCUT2D eigenvalue weighted by Crippen LogP contribution is -2.51. The molecule has 0 spiro atoms. The molecule has 76 valence electrons. The van der Waals surface area contributed by atoms with Crippen LogP contribution in [0.4, 0.5) is 0 Å². The van der Waals surface area contributed by atoms with Gasteiger partial charge >= 0.3 is 0 Å². The van der Waals surface area contributed by atoms with Crippen LogP contribution < -0.4 is 5.32 Å². The van der Waals surface area contributed by atoms with Crippen molar-refractivity contribution in [1.82, 2.24) is 9.62 Å². The van der Waals surface area contributed by atoms with E-state index in [9.17, 15) is 8.42 Å². The van der Waals surface area contributed by atoms with Crippen molar-refractivity contribution >= 4 is 10.0 Å². The first-order chi connectivity index (χ1) is 6.06. The standard InChI is InChI=1S/C8H16N2O2S/c1-3-6-13(11,12)10-5-4-9-8(2)7-10/h3,8-9H,1,4-7H2,2H3/t8-/m0/s1. The monoisotopic (exact) mass is 204 g/mol. The van der Waals surface area contributed by atoms with Crippen LogP contribution in [0, 0.1) is 0 Å². The molecule has 0 aromatic heterocycles. The third-order valence-corrected chi connectivity index (χ3v) is 3.83. The Labute approximate surface area is 79.7 Å². The Balaban J connectivity index is 2.65. The molecule has 0 aromatic carbocycles. The van der Waals surface area contributed by atoms with Crippen molar-refractivity contribution in [3.05, 3.63) is 12.7 Å². The molecular weight excluding hydrogens is 188 g/mol. The molecule has 4 nitrogen and oxygen atoms in total. The van der Waals surface area contributed by atoms with Crippen molar-refractivity contribution in [2.45, 2.75) is 13.0 Å². The van der Waals surface area contributed by atoms with Crippen LogP contribution in [0.2, 0.25) is 0 Å². The molecule has 1 rings (SSSR count). The molecular formula is C8H16N2O2S. The van der Waals surface area contributed by atoms with E-state index in [1.54, 1.807) is 0 Å². The van der Waals surface area contributed by atoms with Crippen molar-refractivity contribution in [2.24, 2.45) is 0 Å². The number of rotatable bonds is 3. The maximum Gasteiger partial charge on any atom is 0.217 e. The van der Waals surface area contributed by atoms with E-state index in [4.69, 9.17) is 0 Å². The predicted octanol–water partition coefficient (Wildman–Crippen LogP) is -0.204. The molecule has 0 unspecified atom stereocenters. The lowest BCUT2D eigenvalue weighted by molar-refractivity contribution is 0.311. The highest BCUT2D eigenvalue weighted by Crippen LogP contribution is 2.06. The van der Waals surface area contributed by atoms with E-state index >= 15 is 0 Å². The highest BCUT2D eigenvalue weighted by atomic mass is 32.2. The Morgan fingerprint density at radius 1 is 1.69 bits per heavy atom. The number of nitrogens with zero attached hydrogens (tertiary/aromatic N) is 1. The van der Waals surface area contributed by atoms with E-state index in [1.807, 2.05) is 6.92 Å². The Morgan fingerprint density at radius 2 is 2.38 bits per heavy atom. The van der Waals surface area contributed by atoms with Gasteiger partial charge in [-0.05, 0) is 6.92 Å². The minimum Gasteiger partial charge on any atom is -0.312 e. The SMILES string of the molecule is C=CCS(=O)(=O)N1CCN[C@@H](C)C1. The Hall–Kier alpha value is -0.390. The quantitative estimate of drug-likeness (QED) is 0.647. The zero-order valence-corrected chi connectivity index (χ0v) is 8.68. The highest BCUT2D eigenvalue weighted by Gasteiger charge is 2.25. The number of hydrogen-bond acceptors (Lipinski definition) is 3. The molecule has 1 fully saturated rings. The molecule has 1 N–H and O–H groups in total. The van der Waals surface area contributed by atoms with E-state index in [1.165, 1.54) is 10.4 Å². The molecule has 0 bridgehead atoms. The van der Waals surface area contributed by atoms with Crippen LogP contribution in [-0.2, 0) is 10.0 Å². The van der Waals surface area contributed by atoms with Gasteiger partial charge in [-0.15, -0.1) is 6.58 Å². The van der Waals surface area contributed by atoms with E-state index in [2.05, 4.69) is 11.9 Å². The topological polar surface area (TPSA) is 49.4 Å². The first-order valence-corrected chi connectivity index (χ1v) is 5.99. The summed E-state index contributed by atoms with van der Waals surface area (Å²) < 4.78 is 24.6. The zero-order chi connectivity index (χ0) is 9.90. The van der Waals surface area contributed by atoms with E-state index in [0.717, 1.165) is 6.54 Å². The van der Waals surface area contributed by atoms with Gasteiger partial charge in [-0.3, -0.25) is 0 Å². The Morgan fingerprint density at radius 3 is 2.92 bits per heavy atom. The summed E-state index contributed by atoms with van der Waals surface area (Å²) in [4.78, 5) is 0. The lowest BCUT2D eigenvalue weighted by atomic mass is 10.3. The summed E-state index contributed by atoms with van der Waals surface area (Å²) in [5.41, 5.74) is 0. The van der Waals surface area contributed by atoms with Gasteiger partial charge in [-0.1, -0.05) is 6.08 Å². The minimum absolute atomic E-state index is 0.0414. The summed E-state index contributed by atoms with van der Waals surface area (Å²) >= 11 is 0. The fourth-order valence-electron chi connectivity index (χ4n) is 1.40. The number of hydrogen-bond donors (Lipinski definition) is 1. The number of sulfonamides is 1. The van der Waals surface area contributed by atoms with E-state index < -0.39 is 10.0 Å². The van der Waals surface area contributed by atoms with Gasteiger partial charge in [-0.25, -0.2) is 8.42 Å². The Kier molecular flexibility index (Phi) is 3.47. The molecule has 1 aliphatic rings. The van der Waals surface area contributed by atoms with Gasteiger partial charge in [0.2, 0.25) is 10.0 Å². The van der Waals surface area contributed by atoms with Crippen LogP contribution in [0.5, 0.6) is 0 Å². The highest BCUT2D eigenvalue weighted by molar-refractivity contribution is 7.89. The van der Waals surface area contributed by atoms with Crippen molar-refractivity contribution < 1.29 is 8.42 Å². The van der Waals surface area contributed by atoms with Crippen LogP contribution in [0.25, 0.3) is 0 Å². The molecule has 0 radical (unpaired) electrons. The van der Waals surface area contributed by atoms with Gasteiger partial charge < -0.3 is 5.32 Å². The van der Waals surface area contributed by atoms with E-state index in [0.29, 0.717) is 13.1 Å². The van der Waals surface area contributed by atoms with E-state index in [-0.39, 0.29) is 11.8 Å². The second kappa shape index (κ2) is 4.21. The van der Waals surface area contributed by atoms with Crippen LogP contribution in [-0.4, -0.2) is 44.2 Å². The summed E-state index contributed by atoms with van der Waals surface area (Å²) in [5, 5.41) is 3.19. The third-order valence-electron chi connectivity index (χ3n) is 2.05. The third kappa shape index (κ3) is 2.79. The van der Waals surface area contributed by atoms with Crippen LogP contribution in [0.15, 0.2) is 12.7 Å². The second-order valence-electron chi connectivity index (χ2n) is 3.28. The summed E-state index contributed by atoms with van der Waals surface area (Å²) in [5.74, 6) is 0.0414. The fourth-order valence-corrected chi connectivity index (χ4v) is 2.73. The largest absolute Gasteiger partial charge is 0.312 e. The molecule has 13 heavy (non-hydrogen) atoms. The summed E-state index contributed by atoms with van der Waals surface area (Å²) in [6.07, 6.45) is 1.43. The lowest BCUT2D eigenvalue weighted by Gasteiger charge is -2.30. The molecule has 0 amide bonds. The summed E-state index contributed by atoms with van der Waals surface area (Å²) in [6, 6.07) is 0.244. The van der Waals surface area contributed by atoms with Crippen LogP contribution in [0.1, 0.15) is 6.92 Å². The van der Waals surface area contributed by atoms with Crippen LogP contribution >= 0.6 is 0 Å². The summed E-state index contributed by atoms with van der Waals surface area (Å²) in [7, 11) is -3.09. The molecule has 1 heterocycles. The van der Waals surface area contributed by atoms with Gasteiger partial charge in [0, 0.05) is 25.7 Å². The molecule has 0 saturated carbocycles. The fraction of sp³-hybridized carbons (Fsp3) is 0.750. The smallest absolute Gasteiger partial charge is 0.217 e. The average Bonchev–Trinajstić information content (AvgIpc) is 2.04. The average molecular weight is 204 g/mol. The number of piperazine rings is 1.